The highest BCUT2D eigenvalue weighted by molar-refractivity contribution is 6.07. The quantitative estimate of drug-likeness (QED) is 0.592. The van der Waals surface area contributed by atoms with Gasteiger partial charge in [0.25, 0.3) is 11.8 Å². The van der Waals surface area contributed by atoms with Crippen molar-refractivity contribution in [3.8, 4) is 0 Å². The minimum absolute atomic E-state index is 0.123. The lowest BCUT2D eigenvalue weighted by atomic mass is 10.1. The summed E-state index contributed by atoms with van der Waals surface area (Å²) in [6.07, 6.45) is 0. The summed E-state index contributed by atoms with van der Waals surface area (Å²) in [5, 5.41) is 4.98. The maximum atomic E-state index is 13.7. The van der Waals surface area contributed by atoms with Gasteiger partial charge in [0.15, 0.2) is 17.5 Å². The largest absolute Gasteiger partial charge is 0.322 e. The highest BCUT2D eigenvalue weighted by atomic mass is 19.2. The van der Waals surface area contributed by atoms with Crippen molar-refractivity contribution in [2.45, 2.75) is 13.8 Å². The molecule has 0 fully saturated rings. The first-order valence-electron chi connectivity index (χ1n) is 8.70. The fourth-order valence-corrected chi connectivity index (χ4v) is 2.65. The lowest BCUT2D eigenvalue weighted by molar-refractivity contribution is 0.101. The summed E-state index contributed by atoms with van der Waals surface area (Å²) in [6, 6.07) is 13.0. The third-order valence-electron chi connectivity index (χ3n) is 4.33. The normalized spacial score (nSPS) is 10.5. The predicted molar refractivity (Wildman–Crippen MR) is 105 cm³/mol. The van der Waals surface area contributed by atoms with Crippen molar-refractivity contribution in [2.24, 2.45) is 0 Å². The number of carbonyl (C=O) groups excluding carboxylic acids is 2. The monoisotopic (exact) mass is 398 g/mol. The molecule has 2 amide bonds. The molecular weight excluding hydrogens is 381 g/mol. The molecule has 3 aromatic rings. The van der Waals surface area contributed by atoms with E-state index in [4.69, 9.17) is 0 Å². The van der Waals surface area contributed by atoms with E-state index in [9.17, 15) is 22.8 Å². The number of anilines is 2. The Labute approximate surface area is 165 Å². The van der Waals surface area contributed by atoms with Gasteiger partial charge in [-0.25, -0.2) is 13.2 Å². The van der Waals surface area contributed by atoms with Crippen LogP contribution in [0.5, 0.6) is 0 Å². The SMILES string of the molecule is Cc1ccc(C)c(NC(=O)c2ccc(C(=O)Nc3ccc(F)c(F)c3F)cc2)c1. The van der Waals surface area contributed by atoms with E-state index in [1.54, 1.807) is 0 Å². The van der Waals surface area contributed by atoms with E-state index in [0.29, 0.717) is 11.3 Å². The Hall–Kier alpha value is -3.61. The van der Waals surface area contributed by atoms with Crippen molar-refractivity contribution in [1.29, 1.82) is 0 Å². The minimum Gasteiger partial charge on any atom is -0.322 e. The van der Waals surface area contributed by atoms with E-state index >= 15 is 0 Å². The van der Waals surface area contributed by atoms with Crippen LogP contribution in [-0.2, 0) is 0 Å². The topological polar surface area (TPSA) is 58.2 Å². The molecule has 7 heteroatoms. The molecule has 148 valence electrons. The number of nitrogens with one attached hydrogen (secondary N) is 2. The van der Waals surface area contributed by atoms with Gasteiger partial charge in [0.1, 0.15) is 0 Å². The maximum absolute atomic E-state index is 13.7. The Morgan fingerprint density at radius 3 is 1.83 bits per heavy atom. The van der Waals surface area contributed by atoms with Crippen LogP contribution in [0.2, 0.25) is 0 Å². The highest BCUT2D eigenvalue weighted by Crippen LogP contribution is 2.21. The number of hydrogen-bond donors (Lipinski definition) is 2. The van der Waals surface area contributed by atoms with Crippen LogP contribution in [0.15, 0.2) is 54.6 Å². The third-order valence-corrected chi connectivity index (χ3v) is 4.33. The second kappa shape index (κ2) is 8.18. The Morgan fingerprint density at radius 2 is 1.24 bits per heavy atom. The smallest absolute Gasteiger partial charge is 0.255 e. The standard InChI is InChI=1S/C22H17F3N2O2/c1-12-3-4-13(2)18(11-12)27-22(29)15-7-5-14(6-8-15)21(28)26-17-10-9-16(23)19(24)20(17)25/h3-11H,1-2H3,(H,26,28)(H,27,29). The number of rotatable bonds is 4. The lowest BCUT2D eigenvalue weighted by Gasteiger charge is -2.10. The van der Waals surface area contributed by atoms with Gasteiger partial charge in [0, 0.05) is 16.8 Å². The molecule has 0 saturated carbocycles. The second-order valence-electron chi connectivity index (χ2n) is 6.53. The summed E-state index contributed by atoms with van der Waals surface area (Å²) in [6.45, 7) is 3.79. The van der Waals surface area contributed by atoms with Crippen molar-refractivity contribution in [3.05, 3.63) is 94.3 Å². The molecule has 2 N–H and O–H groups in total. The molecule has 0 radical (unpaired) electrons. The zero-order valence-corrected chi connectivity index (χ0v) is 15.6. The highest BCUT2D eigenvalue weighted by Gasteiger charge is 2.16. The van der Waals surface area contributed by atoms with Crippen molar-refractivity contribution >= 4 is 23.2 Å². The van der Waals surface area contributed by atoms with Crippen molar-refractivity contribution in [3.63, 3.8) is 0 Å². The number of hydrogen-bond acceptors (Lipinski definition) is 2. The molecule has 3 rings (SSSR count). The van der Waals surface area contributed by atoms with Gasteiger partial charge in [0.05, 0.1) is 5.69 Å². The molecule has 0 aliphatic rings. The van der Waals surface area contributed by atoms with Crippen molar-refractivity contribution in [1.82, 2.24) is 0 Å². The Morgan fingerprint density at radius 1 is 0.690 bits per heavy atom. The van der Waals surface area contributed by atoms with Gasteiger partial charge < -0.3 is 10.6 Å². The Balaban J connectivity index is 1.72. The molecule has 0 saturated heterocycles. The molecule has 29 heavy (non-hydrogen) atoms. The first kappa shape index (κ1) is 20.1. The van der Waals surface area contributed by atoms with E-state index < -0.39 is 29.0 Å². The molecule has 0 aliphatic carbocycles. The fourth-order valence-electron chi connectivity index (χ4n) is 2.65. The summed E-state index contributed by atoms with van der Waals surface area (Å²) < 4.78 is 39.9. The molecule has 0 aromatic heterocycles. The van der Waals surface area contributed by atoms with Gasteiger partial charge in [0.2, 0.25) is 0 Å². The van der Waals surface area contributed by atoms with E-state index in [1.165, 1.54) is 24.3 Å². The zero-order valence-electron chi connectivity index (χ0n) is 15.6. The number of aryl methyl sites for hydroxylation is 2. The molecule has 0 heterocycles. The minimum atomic E-state index is -1.67. The average Bonchev–Trinajstić information content (AvgIpc) is 2.71. The van der Waals surface area contributed by atoms with Gasteiger partial charge in [-0.05, 0) is 67.4 Å². The van der Waals surface area contributed by atoms with Crippen LogP contribution in [0.1, 0.15) is 31.8 Å². The molecule has 0 bridgehead atoms. The summed E-state index contributed by atoms with van der Waals surface area (Å²) in [5.41, 5.74) is 2.56. The first-order chi connectivity index (χ1) is 13.8. The summed E-state index contributed by atoms with van der Waals surface area (Å²) in [7, 11) is 0. The average molecular weight is 398 g/mol. The molecule has 0 aliphatic heterocycles. The number of benzene rings is 3. The van der Waals surface area contributed by atoms with Gasteiger partial charge in [-0.3, -0.25) is 9.59 Å². The van der Waals surface area contributed by atoms with Gasteiger partial charge in [-0.1, -0.05) is 12.1 Å². The van der Waals surface area contributed by atoms with Gasteiger partial charge in [-0.2, -0.15) is 0 Å². The van der Waals surface area contributed by atoms with E-state index in [-0.39, 0.29) is 11.5 Å². The number of amides is 2. The molecule has 3 aromatic carbocycles. The van der Waals surface area contributed by atoms with Gasteiger partial charge in [-0.15, -0.1) is 0 Å². The molecule has 0 spiro atoms. The maximum Gasteiger partial charge on any atom is 0.255 e. The number of halogens is 3. The van der Waals surface area contributed by atoms with E-state index in [2.05, 4.69) is 10.6 Å². The Bertz CT molecular complexity index is 1100. The van der Waals surface area contributed by atoms with Crippen LogP contribution in [0.4, 0.5) is 24.5 Å². The third kappa shape index (κ3) is 4.45. The molecule has 0 atom stereocenters. The van der Waals surface area contributed by atoms with E-state index in [1.807, 2.05) is 32.0 Å². The Kier molecular flexibility index (Phi) is 5.68. The predicted octanol–water partition coefficient (Wildman–Crippen LogP) is 5.23. The van der Waals surface area contributed by atoms with Crippen molar-refractivity contribution in [2.75, 3.05) is 10.6 Å². The lowest BCUT2D eigenvalue weighted by Crippen LogP contribution is -2.15. The van der Waals surface area contributed by atoms with Crippen molar-refractivity contribution < 1.29 is 22.8 Å². The van der Waals surface area contributed by atoms with E-state index in [0.717, 1.165) is 23.3 Å². The fraction of sp³-hybridized carbons (Fsp3) is 0.0909. The molecule has 4 nitrogen and oxygen atoms in total. The first-order valence-corrected chi connectivity index (χ1v) is 8.70. The zero-order chi connectivity index (χ0) is 21.1. The molecular formula is C22H17F3N2O2. The van der Waals surface area contributed by atoms with Crippen LogP contribution in [0.3, 0.4) is 0 Å². The van der Waals surface area contributed by atoms with Crippen LogP contribution >= 0.6 is 0 Å². The molecule has 0 unspecified atom stereocenters. The van der Waals surface area contributed by atoms with Gasteiger partial charge >= 0.3 is 0 Å². The number of carbonyl (C=O) groups is 2. The van der Waals surface area contributed by atoms with Crippen LogP contribution in [0.25, 0.3) is 0 Å². The summed E-state index contributed by atoms with van der Waals surface area (Å²) in [4.78, 5) is 24.6. The summed E-state index contributed by atoms with van der Waals surface area (Å²) >= 11 is 0. The van der Waals surface area contributed by atoms with Crippen LogP contribution in [-0.4, -0.2) is 11.8 Å². The summed E-state index contributed by atoms with van der Waals surface area (Å²) in [5.74, 6) is -5.57. The second-order valence-corrected chi connectivity index (χ2v) is 6.53. The van der Waals surface area contributed by atoms with Crippen LogP contribution < -0.4 is 10.6 Å². The van der Waals surface area contributed by atoms with Crippen LogP contribution in [0, 0.1) is 31.3 Å².